The molecule has 2 aromatic carbocycles. The lowest BCUT2D eigenvalue weighted by Crippen LogP contribution is -2.56. The predicted molar refractivity (Wildman–Crippen MR) is 170 cm³/mol. The second kappa shape index (κ2) is 16.1. The smallest absolute Gasteiger partial charge is 0.323 e. The monoisotopic (exact) mass is 606 g/mol. The zero-order valence-electron chi connectivity index (χ0n) is 25.7. The molecule has 0 heterocycles. The molecule has 0 aliphatic heterocycles. The van der Waals surface area contributed by atoms with Gasteiger partial charge in [0.05, 0.1) is 13.1 Å². The second-order valence-corrected chi connectivity index (χ2v) is 12.1. The van der Waals surface area contributed by atoms with Gasteiger partial charge in [0.25, 0.3) is 0 Å². The van der Waals surface area contributed by atoms with Crippen LogP contribution in [0.2, 0.25) is 0 Å². The molecule has 0 bridgehead atoms. The predicted octanol–water partition coefficient (Wildman–Crippen LogP) is 5.48. The SMILES string of the molecule is CC(N(CC(=O)O)C(=O)CNc1ccc(C2CCCCC2)cc1)N(CC(=O)O)C(=O)CNc1ccc(C2CCCCC2)cc1. The Morgan fingerprint density at radius 1 is 0.636 bits per heavy atom. The van der Waals surface area contributed by atoms with Crippen LogP contribution in [0.25, 0.3) is 0 Å². The molecule has 10 nitrogen and oxygen atoms in total. The Balaban J connectivity index is 1.37. The first kappa shape index (κ1) is 32.8. The van der Waals surface area contributed by atoms with Gasteiger partial charge in [-0.05, 0) is 79.8 Å². The fourth-order valence-corrected chi connectivity index (χ4v) is 6.49. The molecule has 2 aliphatic rings. The van der Waals surface area contributed by atoms with Gasteiger partial charge in [-0.1, -0.05) is 62.8 Å². The molecule has 2 amide bonds. The number of anilines is 2. The highest BCUT2D eigenvalue weighted by Gasteiger charge is 2.31. The number of benzene rings is 2. The molecule has 44 heavy (non-hydrogen) atoms. The average Bonchev–Trinajstić information content (AvgIpc) is 3.04. The van der Waals surface area contributed by atoms with Gasteiger partial charge >= 0.3 is 11.9 Å². The Morgan fingerprint density at radius 3 is 1.30 bits per heavy atom. The van der Waals surface area contributed by atoms with Gasteiger partial charge in [-0.3, -0.25) is 19.2 Å². The van der Waals surface area contributed by atoms with Gasteiger partial charge in [-0.25, -0.2) is 0 Å². The van der Waals surface area contributed by atoms with Crippen molar-refractivity contribution in [1.29, 1.82) is 0 Å². The topological polar surface area (TPSA) is 139 Å². The Hall–Kier alpha value is -4.08. The molecule has 0 unspecified atom stereocenters. The molecular weight excluding hydrogens is 560 g/mol. The van der Waals surface area contributed by atoms with Gasteiger partial charge in [-0.15, -0.1) is 0 Å². The molecule has 0 spiro atoms. The van der Waals surface area contributed by atoms with Crippen molar-refractivity contribution in [3.8, 4) is 0 Å². The van der Waals surface area contributed by atoms with E-state index in [0.717, 1.165) is 21.2 Å². The molecule has 2 fully saturated rings. The van der Waals surface area contributed by atoms with E-state index in [1.165, 1.54) is 82.3 Å². The van der Waals surface area contributed by atoms with Crippen molar-refractivity contribution in [2.45, 2.75) is 89.1 Å². The summed E-state index contributed by atoms with van der Waals surface area (Å²) in [5.74, 6) is -2.54. The van der Waals surface area contributed by atoms with Gasteiger partial charge in [0.15, 0.2) is 0 Å². The maximum atomic E-state index is 13.3. The standard InChI is InChI=1S/C34H46N4O6/c1-24(37(22-33(41)42)31(39)20-35-29-16-12-27(13-17-29)25-8-4-2-5-9-25)38(23-34(43)44)32(40)21-36-30-18-14-28(15-19-30)26-10-6-3-7-11-26/h12-19,24-26,35-36H,2-11,20-23H2,1H3,(H,41,42)(H,43,44). The van der Waals surface area contributed by atoms with E-state index in [2.05, 4.69) is 34.9 Å². The van der Waals surface area contributed by atoms with E-state index in [9.17, 15) is 29.4 Å². The lowest BCUT2D eigenvalue weighted by atomic mass is 9.84. The number of nitrogens with one attached hydrogen (secondary N) is 2. The number of carboxylic acids is 2. The summed E-state index contributed by atoms with van der Waals surface area (Å²) in [6.07, 6.45) is 11.1. The first-order chi connectivity index (χ1) is 21.2. The van der Waals surface area contributed by atoms with Crippen LogP contribution in [0.5, 0.6) is 0 Å². The Labute approximate surface area is 259 Å². The summed E-state index contributed by atoms with van der Waals surface area (Å²) in [6.45, 7) is -0.300. The summed E-state index contributed by atoms with van der Waals surface area (Å²) in [5.41, 5.74) is 4.00. The van der Waals surface area contributed by atoms with Crippen molar-refractivity contribution in [3.63, 3.8) is 0 Å². The van der Waals surface area contributed by atoms with Gasteiger partial charge in [-0.2, -0.15) is 0 Å². The Morgan fingerprint density at radius 2 is 0.977 bits per heavy atom. The summed E-state index contributed by atoms with van der Waals surface area (Å²) < 4.78 is 0. The van der Waals surface area contributed by atoms with Crippen LogP contribution in [-0.2, 0) is 19.2 Å². The minimum Gasteiger partial charge on any atom is -0.480 e. The van der Waals surface area contributed by atoms with Crippen molar-refractivity contribution >= 4 is 35.1 Å². The van der Waals surface area contributed by atoms with Gasteiger partial charge < -0.3 is 30.6 Å². The van der Waals surface area contributed by atoms with Crippen molar-refractivity contribution in [2.75, 3.05) is 36.8 Å². The highest BCUT2D eigenvalue weighted by Crippen LogP contribution is 2.34. The van der Waals surface area contributed by atoms with Crippen LogP contribution in [0.1, 0.15) is 94.1 Å². The largest absolute Gasteiger partial charge is 0.480 e. The number of carbonyl (C=O) groups excluding carboxylic acids is 2. The number of hydrogen-bond acceptors (Lipinski definition) is 6. The summed E-state index contributed by atoms with van der Waals surface area (Å²) in [7, 11) is 0. The minimum absolute atomic E-state index is 0.207. The van der Waals surface area contributed by atoms with E-state index >= 15 is 0 Å². The molecule has 10 heteroatoms. The highest BCUT2D eigenvalue weighted by molar-refractivity contribution is 5.87. The zero-order valence-corrected chi connectivity index (χ0v) is 25.7. The number of carbonyl (C=O) groups is 4. The quantitative estimate of drug-likeness (QED) is 0.208. The van der Waals surface area contributed by atoms with E-state index in [-0.39, 0.29) is 13.1 Å². The molecule has 238 valence electrons. The summed E-state index contributed by atoms with van der Waals surface area (Å²) in [6, 6.07) is 15.9. The third-order valence-electron chi connectivity index (χ3n) is 9.02. The van der Waals surface area contributed by atoms with E-state index < -0.39 is 43.0 Å². The molecular formula is C34H46N4O6. The van der Waals surface area contributed by atoms with Gasteiger partial charge in [0, 0.05) is 11.4 Å². The molecule has 0 saturated heterocycles. The first-order valence-electron chi connectivity index (χ1n) is 15.9. The van der Waals surface area contributed by atoms with Crippen molar-refractivity contribution in [3.05, 3.63) is 59.7 Å². The van der Waals surface area contributed by atoms with Crippen LogP contribution < -0.4 is 10.6 Å². The summed E-state index contributed by atoms with van der Waals surface area (Å²) in [4.78, 5) is 52.0. The molecule has 2 aliphatic carbocycles. The van der Waals surface area contributed by atoms with Crippen LogP contribution in [0.4, 0.5) is 11.4 Å². The van der Waals surface area contributed by atoms with E-state index in [1.807, 2.05) is 24.3 Å². The van der Waals surface area contributed by atoms with E-state index in [0.29, 0.717) is 11.8 Å². The first-order valence-corrected chi connectivity index (χ1v) is 15.9. The molecule has 4 N–H and O–H groups in total. The molecule has 0 radical (unpaired) electrons. The second-order valence-electron chi connectivity index (χ2n) is 12.1. The highest BCUT2D eigenvalue weighted by atomic mass is 16.4. The average molecular weight is 607 g/mol. The van der Waals surface area contributed by atoms with Crippen molar-refractivity contribution in [1.82, 2.24) is 9.80 Å². The molecule has 2 saturated carbocycles. The van der Waals surface area contributed by atoms with Gasteiger partial charge in [0.2, 0.25) is 11.8 Å². The zero-order chi connectivity index (χ0) is 31.5. The third kappa shape index (κ3) is 9.46. The van der Waals surface area contributed by atoms with Crippen LogP contribution in [0.3, 0.4) is 0 Å². The number of amides is 2. The van der Waals surface area contributed by atoms with Gasteiger partial charge in [0.1, 0.15) is 19.3 Å². The lowest BCUT2D eigenvalue weighted by molar-refractivity contribution is -0.155. The normalized spacial score (nSPS) is 15.9. The fourth-order valence-electron chi connectivity index (χ4n) is 6.49. The lowest BCUT2D eigenvalue weighted by Gasteiger charge is -2.36. The maximum Gasteiger partial charge on any atom is 0.323 e. The maximum absolute atomic E-state index is 13.3. The van der Waals surface area contributed by atoms with Crippen LogP contribution in [-0.4, -0.2) is 76.1 Å². The molecule has 0 aromatic heterocycles. The number of aliphatic carboxylic acids is 2. The molecule has 4 rings (SSSR count). The number of carboxylic acid groups (broad SMARTS) is 2. The van der Waals surface area contributed by atoms with Crippen LogP contribution >= 0.6 is 0 Å². The summed E-state index contributed by atoms with van der Waals surface area (Å²) in [5, 5.41) is 25.2. The van der Waals surface area contributed by atoms with E-state index in [1.54, 1.807) is 0 Å². The Bertz CT molecular complexity index is 1160. The number of nitrogens with zero attached hydrogens (tertiary/aromatic N) is 2. The number of rotatable bonds is 14. The minimum atomic E-state index is -1.26. The van der Waals surface area contributed by atoms with E-state index in [4.69, 9.17) is 0 Å². The summed E-state index contributed by atoms with van der Waals surface area (Å²) >= 11 is 0. The Kier molecular flexibility index (Phi) is 12.0. The van der Waals surface area contributed by atoms with Crippen molar-refractivity contribution < 1.29 is 29.4 Å². The van der Waals surface area contributed by atoms with Crippen LogP contribution in [0, 0.1) is 0 Å². The fraction of sp³-hybridized carbons (Fsp3) is 0.529. The van der Waals surface area contributed by atoms with Crippen molar-refractivity contribution in [2.24, 2.45) is 0 Å². The number of hydrogen-bond donors (Lipinski definition) is 4. The third-order valence-corrected chi connectivity index (χ3v) is 9.02. The molecule has 2 aromatic rings. The van der Waals surface area contributed by atoms with Crippen LogP contribution in [0.15, 0.2) is 48.5 Å². The molecule has 0 atom stereocenters.